The van der Waals surface area contributed by atoms with Crippen LogP contribution in [-0.2, 0) is 20.7 Å². The van der Waals surface area contributed by atoms with E-state index in [4.69, 9.17) is 9.47 Å². The molecule has 106 valence electrons. The first-order valence-electron chi connectivity index (χ1n) is 5.77. The van der Waals surface area contributed by atoms with Crippen LogP contribution in [0.4, 0.5) is 8.78 Å². The number of carbonyl (C=O) groups excluding carboxylic acids is 1. The Morgan fingerprint density at radius 3 is 2.26 bits per heavy atom. The maximum Gasteiger partial charge on any atom is 0.225 e. The van der Waals surface area contributed by atoms with Crippen molar-refractivity contribution in [1.29, 1.82) is 0 Å². The SMILES string of the molecule is COC(OC)C(C)NC(=O)Cc1c(F)cccc1F. The summed E-state index contributed by atoms with van der Waals surface area (Å²) in [7, 11) is 2.88. The van der Waals surface area contributed by atoms with Gasteiger partial charge in [0.05, 0.1) is 12.5 Å². The molecule has 0 aromatic heterocycles. The number of nitrogens with one attached hydrogen (secondary N) is 1. The van der Waals surface area contributed by atoms with Crippen molar-refractivity contribution in [3.05, 3.63) is 35.4 Å². The van der Waals surface area contributed by atoms with E-state index in [9.17, 15) is 13.6 Å². The van der Waals surface area contributed by atoms with Crippen LogP contribution in [0.1, 0.15) is 12.5 Å². The quantitative estimate of drug-likeness (QED) is 0.801. The highest BCUT2D eigenvalue weighted by Gasteiger charge is 2.19. The zero-order chi connectivity index (χ0) is 14.4. The number of amides is 1. The molecule has 1 N–H and O–H groups in total. The van der Waals surface area contributed by atoms with Gasteiger partial charge in [-0.05, 0) is 19.1 Å². The minimum Gasteiger partial charge on any atom is -0.354 e. The predicted molar refractivity (Wildman–Crippen MR) is 65.5 cm³/mol. The number of benzene rings is 1. The molecule has 0 bridgehead atoms. The monoisotopic (exact) mass is 273 g/mol. The molecule has 1 amide bonds. The van der Waals surface area contributed by atoms with Crippen molar-refractivity contribution in [3.8, 4) is 0 Å². The Morgan fingerprint density at radius 1 is 1.26 bits per heavy atom. The first-order valence-corrected chi connectivity index (χ1v) is 5.77. The number of ether oxygens (including phenoxy) is 2. The Hall–Kier alpha value is -1.53. The Balaban J connectivity index is 2.65. The largest absolute Gasteiger partial charge is 0.354 e. The van der Waals surface area contributed by atoms with Crippen molar-refractivity contribution >= 4 is 5.91 Å². The third-order valence-electron chi connectivity index (χ3n) is 2.66. The molecule has 1 aromatic rings. The summed E-state index contributed by atoms with van der Waals surface area (Å²) in [4.78, 5) is 11.7. The lowest BCUT2D eigenvalue weighted by Gasteiger charge is -2.22. The molecule has 1 aromatic carbocycles. The van der Waals surface area contributed by atoms with Gasteiger partial charge in [-0.2, -0.15) is 0 Å². The van der Waals surface area contributed by atoms with Crippen molar-refractivity contribution in [3.63, 3.8) is 0 Å². The Morgan fingerprint density at radius 2 is 1.79 bits per heavy atom. The van der Waals surface area contributed by atoms with Gasteiger partial charge in [0, 0.05) is 19.8 Å². The lowest BCUT2D eigenvalue weighted by Crippen LogP contribution is -2.43. The van der Waals surface area contributed by atoms with Crippen molar-refractivity contribution in [2.45, 2.75) is 25.7 Å². The second-order valence-electron chi connectivity index (χ2n) is 4.07. The normalized spacial score (nSPS) is 12.5. The van der Waals surface area contributed by atoms with E-state index in [-0.39, 0.29) is 12.0 Å². The van der Waals surface area contributed by atoms with Gasteiger partial charge in [-0.25, -0.2) is 8.78 Å². The summed E-state index contributed by atoms with van der Waals surface area (Å²) >= 11 is 0. The summed E-state index contributed by atoms with van der Waals surface area (Å²) in [5.41, 5.74) is -0.251. The van der Waals surface area contributed by atoms with E-state index in [0.717, 1.165) is 12.1 Å². The van der Waals surface area contributed by atoms with E-state index in [2.05, 4.69) is 5.32 Å². The van der Waals surface area contributed by atoms with Gasteiger partial charge in [0.25, 0.3) is 0 Å². The number of halogens is 2. The summed E-state index contributed by atoms with van der Waals surface area (Å²) in [6, 6.07) is 3.04. The minimum absolute atomic E-state index is 0.251. The van der Waals surface area contributed by atoms with Gasteiger partial charge in [-0.1, -0.05) is 6.07 Å². The standard InChI is InChI=1S/C13H17F2NO3/c1-8(13(18-2)19-3)16-12(17)7-9-10(14)5-4-6-11(9)15/h4-6,8,13H,7H2,1-3H3,(H,16,17). The van der Waals surface area contributed by atoms with Gasteiger partial charge < -0.3 is 14.8 Å². The zero-order valence-corrected chi connectivity index (χ0v) is 11.1. The molecule has 4 nitrogen and oxygen atoms in total. The fourth-order valence-corrected chi connectivity index (χ4v) is 1.74. The molecule has 0 aliphatic heterocycles. The summed E-state index contributed by atoms with van der Waals surface area (Å²) in [5.74, 6) is -1.98. The summed E-state index contributed by atoms with van der Waals surface area (Å²) in [6.07, 6.45) is -0.988. The van der Waals surface area contributed by atoms with E-state index < -0.39 is 29.9 Å². The fourth-order valence-electron chi connectivity index (χ4n) is 1.74. The third kappa shape index (κ3) is 4.25. The minimum atomic E-state index is -0.738. The van der Waals surface area contributed by atoms with Gasteiger partial charge in [0.15, 0.2) is 6.29 Å². The molecule has 6 heteroatoms. The van der Waals surface area contributed by atoms with Crippen molar-refractivity contribution in [1.82, 2.24) is 5.32 Å². The molecule has 0 spiro atoms. The van der Waals surface area contributed by atoms with Crippen molar-refractivity contribution in [2.75, 3.05) is 14.2 Å². The zero-order valence-electron chi connectivity index (χ0n) is 11.1. The van der Waals surface area contributed by atoms with Gasteiger partial charge in [0.1, 0.15) is 11.6 Å². The first kappa shape index (κ1) is 15.5. The first-order chi connectivity index (χ1) is 8.99. The molecule has 1 unspecified atom stereocenters. The van der Waals surface area contributed by atoms with Crippen LogP contribution in [0.5, 0.6) is 0 Å². The van der Waals surface area contributed by atoms with Crippen LogP contribution in [0, 0.1) is 11.6 Å². The van der Waals surface area contributed by atoms with E-state index in [1.807, 2.05) is 0 Å². The number of carbonyl (C=O) groups is 1. The predicted octanol–water partition coefficient (Wildman–Crippen LogP) is 1.63. The maximum absolute atomic E-state index is 13.4. The van der Waals surface area contributed by atoms with Crippen LogP contribution in [-0.4, -0.2) is 32.5 Å². The van der Waals surface area contributed by atoms with Crippen LogP contribution in [0.25, 0.3) is 0 Å². The van der Waals surface area contributed by atoms with Gasteiger partial charge in [-0.3, -0.25) is 4.79 Å². The second kappa shape index (κ2) is 7.16. The molecule has 0 heterocycles. The Bertz CT molecular complexity index is 416. The average Bonchev–Trinajstić information content (AvgIpc) is 2.35. The highest BCUT2D eigenvalue weighted by atomic mass is 19.1. The second-order valence-corrected chi connectivity index (χ2v) is 4.07. The molecule has 0 fully saturated rings. The molecule has 0 aliphatic rings. The van der Waals surface area contributed by atoms with Crippen LogP contribution in [0.2, 0.25) is 0 Å². The highest BCUT2D eigenvalue weighted by molar-refractivity contribution is 5.79. The molecule has 0 radical (unpaired) electrons. The number of rotatable bonds is 6. The van der Waals surface area contributed by atoms with E-state index >= 15 is 0 Å². The fraction of sp³-hybridized carbons (Fsp3) is 0.462. The van der Waals surface area contributed by atoms with Crippen LogP contribution >= 0.6 is 0 Å². The summed E-state index contributed by atoms with van der Waals surface area (Å²) in [5, 5.41) is 2.56. The highest BCUT2D eigenvalue weighted by Crippen LogP contribution is 2.12. The topological polar surface area (TPSA) is 47.6 Å². The average molecular weight is 273 g/mol. The number of hydrogen-bond donors (Lipinski definition) is 1. The molecule has 0 saturated heterocycles. The number of methoxy groups -OCH3 is 2. The molecule has 0 aliphatic carbocycles. The van der Waals surface area contributed by atoms with Crippen molar-refractivity contribution in [2.24, 2.45) is 0 Å². The van der Waals surface area contributed by atoms with Gasteiger partial charge in [-0.15, -0.1) is 0 Å². The van der Waals surface area contributed by atoms with E-state index in [1.54, 1.807) is 6.92 Å². The number of hydrogen-bond acceptors (Lipinski definition) is 3. The molecule has 0 saturated carbocycles. The van der Waals surface area contributed by atoms with Crippen LogP contribution < -0.4 is 5.32 Å². The smallest absolute Gasteiger partial charge is 0.225 e. The lowest BCUT2D eigenvalue weighted by atomic mass is 10.1. The third-order valence-corrected chi connectivity index (χ3v) is 2.66. The van der Waals surface area contributed by atoms with Gasteiger partial charge >= 0.3 is 0 Å². The Kier molecular flexibility index (Phi) is 5.85. The van der Waals surface area contributed by atoms with Crippen LogP contribution in [0.15, 0.2) is 18.2 Å². The van der Waals surface area contributed by atoms with E-state index in [1.165, 1.54) is 20.3 Å². The molecule has 1 rings (SSSR count). The molecule has 1 atom stereocenters. The molecule has 19 heavy (non-hydrogen) atoms. The molecular formula is C13H17F2NO3. The molecular weight excluding hydrogens is 256 g/mol. The van der Waals surface area contributed by atoms with E-state index in [0.29, 0.717) is 0 Å². The summed E-state index contributed by atoms with van der Waals surface area (Å²) < 4.78 is 36.7. The van der Waals surface area contributed by atoms with Crippen LogP contribution in [0.3, 0.4) is 0 Å². The van der Waals surface area contributed by atoms with Gasteiger partial charge in [0.2, 0.25) is 5.91 Å². The lowest BCUT2D eigenvalue weighted by molar-refractivity contribution is -0.135. The van der Waals surface area contributed by atoms with Crippen molar-refractivity contribution < 1.29 is 23.0 Å². The Labute approximate surface area is 110 Å². The maximum atomic E-state index is 13.4. The summed E-state index contributed by atoms with van der Waals surface area (Å²) in [6.45, 7) is 1.67.